The average molecular weight is 356 g/mol. The first-order valence-electron chi connectivity index (χ1n) is 7.08. The summed E-state index contributed by atoms with van der Waals surface area (Å²) < 4.78 is 0.453. The monoisotopic (exact) mass is 355 g/mol. The zero-order valence-corrected chi connectivity index (χ0v) is 14.4. The molecule has 4 nitrogen and oxygen atoms in total. The van der Waals surface area contributed by atoms with Crippen molar-refractivity contribution in [3.63, 3.8) is 0 Å². The van der Waals surface area contributed by atoms with Crippen LogP contribution in [0.15, 0.2) is 24.3 Å². The van der Waals surface area contributed by atoms with Crippen LogP contribution in [0.2, 0.25) is 0 Å². The summed E-state index contributed by atoms with van der Waals surface area (Å²) in [4.78, 5) is 23.8. The minimum Gasteiger partial charge on any atom is -0.479 e. The summed E-state index contributed by atoms with van der Waals surface area (Å²) in [5.41, 5.74) is 0.625. The smallest absolute Gasteiger partial charge is 0.330 e. The summed E-state index contributed by atoms with van der Waals surface area (Å²) in [5, 5.41) is 12.1. The molecule has 2 saturated heterocycles. The van der Waals surface area contributed by atoms with E-state index in [1.54, 1.807) is 23.9 Å². The van der Waals surface area contributed by atoms with E-state index in [-0.39, 0.29) is 5.91 Å². The van der Waals surface area contributed by atoms with Crippen LogP contribution in [0.3, 0.4) is 0 Å². The van der Waals surface area contributed by atoms with Crippen LogP contribution in [0.25, 0.3) is 0 Å². The Kier molecular flexibility index (Phi) is 4.94. The summed E-state index contributed by atoms with van der Waals surface area (Å²) in [6, 6.07) is 7.53. The van der Waals surface area contributed by atoms with Crippen molar-refractivity contribution in [3.8, 4) is 0 Å². The molecule has 1 aromatic carbocycles. The first kappa shape index (κ1) is 16.1. The fraction of sp³-hybridized carbons (Fsp3) is 0.467. The Balaban J connectivity index is 1.70. The molecule has 0 radical (unpaired) electrons. The second-order valence-electron chi connectivity index (χ2n) is 5.34. The summed E-state index contributed by atoms with van der Waals surface area (Å²) in [6.07, 6.45) is 0.478. The molecular weight excluding hydrogens is 338 g/mol. The Morgan fingerprint density at radius 1 is 1.14 bits per heavy atom. The van der Waals surface area contributed by atoms with Crippen molar-refractivity contribution < 1.29 is 14.7 Å². The van der Waals surface area contributed by atoms with Crippen molar-refractivity contribution in [3.05, 3.63) is 35.4 Å². The predicted molar refractivity (Wildman–Crippen MR) is 93.9 cm³/mol. The number of carboxylic acids is 1. The van der Waals surface area contributed by atoms with Crippen LogP contribution in [-0.2, 0) is 4.79 Å². The standard InChI is InChI=1S/C15H17NO3S3/c17-12(16-15(14(18)19)5-6-20-9-15)10-1-3-11(4-2-10)13-21-7-8-22-13/h1-4,13H,5-9H2,(H,16,17)(H,18,19). The number of carboxylic acid groups (broad SMARTS) is 1. The van der Waals surface area contributed by atoms with Crippen LogP contribution in [0.4, 0.5) is 0 Å². The summed E-state index contributed by atoms with van der Waals surface area (Å²) >= 11 is 5.41. The van der Waals surface area contributed by atoms with Crippen LogP contribution in [0, 0.1) is 0 Å². The molecule has 118 valence electrons. The van der Waals surface area contributed by atoms with Crippen molar-refractivity contribution in [2.24, 2.45) is 0 Å². The van der Waals surface area contributed by atoms with Gasteiger partial charge < -0.3 is 10.4 Å². The van der Waals surface area contributed by atoms with Gasteiger partial charge in [-0.2, -0.15) is 11.8 Å². The minimum absolute atomic E-state index is 0.303. The first-order valence-corrected chi connectivity index (χ1v) is 10.3. The number of hydrogen-bond acceptors (Lipinski definition) is 5. The molecule has 2 fully saturated rings. The molecule has 0 spiro atoms. The Labute approximate surface area is 142 Å². The number of carbonyl (C=O) groups is 2. The van der Waals surface area contributed by atoms with E-state index in [0.29, 0.717) is 22.3 Å². The highest BCUT2D eigenvalue weighted by Gasteiger charge is 2.43. The Morgan fingerprint density at radius 2 is 1.82 bits per heavy atom. The van der Waals surface area contributed by atoms with E-state index in [9.17, 15) is 14.7 Å². The number of carbonyl (C=O) groups excluding carboxylic acids is 1. The van der Waals surface area contributed by atoms with Crippen molar-refractivity contribution in [2.45, 2.75) is 16.5 Å². The third kappa shape index (κ3) is 3.26. The number of nitrogens with one attached hydrogen (secondary N) is 1. The van der Waals surface area contributed by atoms with Gasteiger partial charge in [-0.25, -0.2) is 4.79 Å². The zero-order chi connectivity index (χ0) is 15.6. The lowest BCUT2D eigenvalue weighted by Crippen LogP contribution is -2.54. The maximum atomic E-state index is 12.3. The third-order valence-corrected chi connectivity index (χ3v) is 8.14. The lowest BCUT2D eigenvalue weighted by atomic mass is 9.98. The van der Waals surface area contributed by atoms with E-state index in [0.717, 1.165) is 17.3 Å². The number of thioether (sulfide) groups is 3. The highest BCUT2D eigenvalue weighted by molar-refractivity contribution is 8.19. The molecule has 0 aromatic heterocycles. The van der Waals surface area contributed by atoms with E-state index in [1.807, 2.05) is 35.7 Å². The molecule has 2 aliphatic heterocycles. The maximum absolute atomic E-state index is 12.3. The van der Waals surface area contributed by atoms with Gasteiger partial charge in [-0.05, 0) is 29.9 Å². The highest BCUT2D eigenvalue weighted by Crippen LogP contribution is 2.45. The Hall–Kier alpha value is -0.790. The van der Waals surface area contributed by atoms with Gasteiger partial charge in [0, 0.05) is 22.8 Å². The second kappa shape index (κ2) is 6.76. The van der Waals surface area contributed by atoms with E-state index in [4.69, 9.17) is 0 Å². The van der Waals surface area contributed by atoms with Gasteiger partial charge in [0.1, 0.15) is 5.54 Å². The average Bonchev–Trinajstić information content (AvgIpc) is 3.19. The van der Waals surface area contributed by atoms with Crippen molar-refractivity contribution in [2.75, 3.05) is 23.0 Å². The van der Waals surface area contributed by atoms with Crippen LogP contribution < -0.4 is 5.32 Å². The van der Waals surface area contributed by atoms with Gasteiger partial charge in [-0.1, -0.05) is 12.1 Å². The molecule has 7 heteroatoms. The number of aliphatic carboxylic acids is 1. The summed E-state index contributed by atoms with van der Waals surface area (Å²) in [6.45, 7) is 0. The maximum Gasteiger partial charge on any atom is 0.330 e. The molecule has 1 atom stereocenters. The van der Waals surface area contributed by atoms with E-state index in [2.05, 4.69) is 5.32 Å². The van der Waals surface area contributed by atoms with E-state index >= 15 is 0 Å². The third-order valence-electron chi connectivity index (χ3n) is 3.85. The lowest BCUT2D eigenvalue weighted by molar-refractivity contribution is -0.143. The topological polar surface area (TPSA) is 66.4 Å². The van der Waals surface area contributed by atoms with Gasteiger partial charge in [-0.15, -0.1) is 23.5 Å². The Morgan fingerprint density at radius 3 is 2.36 bits per heavy atom. The fourth-order valence-corrected chi connectivity index (χ4v) is 6.70. The van der Waals surface area contributed by atoms with Crippen LogP contribution in [0.5, 0.6) is 0 Å². The lowest BCUT2D eigenvalue weighted by Gasteiger charge is -2.24. The minimum atomic E-state index is -1.11. The highest BCUT2D eigenvalue weighted by atomic mass is 32.2. The van der Waals surface area contributed by atoms with Crippen molar-refractivity contribution in [1.29, 1.82) is 0 Å². The summed E-state index contributed by atoms with van der Waals surface area (Å²) in [5.74, 6) is 2.28. The van der Waals surface area contributed by atoms with Crippen LogP contribution >= 0.6 is 35.3 Å². The van der Waals surface area contributed by atoms with Gasteiger partial charge in [0.25, 0.3) is 5.91 Å². The van der Waals surface area contributed by atoms with E-state index in [1.165, 1.54) is 5.56 Å². The summed E-state index contributed by atoms with van der Waals surface area (Å²) in [7, 11) is 0. The molecule has 0 bridgehead atoms. The normalized spacial score (nSPS) is 25.3. The molecule has 3 rings (SSSR count). The molecule has 1 amide bonds. The Bertz CT molecular complexity index is 564. The van der Waals surface area contributed by atoms with Crippen LogP contribution in [0.1, 0.15) is 26.9 Å². The molecule has 0 aliphatic carbocycles. The molecule has 2 N–H and O–H groups in total. The fourth-order valence-electron chi connectivity index (χ4n) is 2.52. The van der Waals surface area contributed by atoms with Gasteiger partial charge >= 0.3 is 5.97 Å². The number of hydrogen-bond donors (Lipinski definition) is 2. The molecule has 1 aromatic rings. The number of rotatable bonds is 4. The predicted octanol–water partition coefficient (Wildman–Crippen LogP) is 2.86. The van der Waals surface area contributed by atoms with Gasteiger partial charge in [0.15, 0.2) is 0 Å². The van der Waals surface area contributed by atoms with Crippen LogP contribution in [-0.4, -0.2) is 45.5 Å². The first-order chi connectivity index (χ1) is 10.6. The molecule has 22 heavy (non-hydrogen) atoms. The molecule has 0 saturated carbocycles. The molecule has 2 heterocycles. The van der Waals surface area contributed by atoms with E-state index < -0.39 is 11.5 Å². The SMILES string of the molecule is O=C(NC1(C(=O)O)CCSC1)c1ccc(C2SCCS2)cc1. The van der Waals surface area contributed by atoms with Crippen molar-refractivity contribution >= 4 is 47.2 Å². The van der Waals surface area contributed by atoms with Gasteiger partial charge in [0.2, 0.25) is 0 Å². The van der Waals surface area contributed by atoms with Gasteiger partial charge in [0.05, 0.1) is 4.58 Å². The van der Waals surface area contributed by atoms with Crippen molar-refractivity contribution in [1.82, 2.24) is 5.32 Å². The van der Waals surface area contributed by atoms with Gasteiger partial charge in [-0.3, -0.25) is 4.79 Å². The molecular formula is C15H17NO3S3. The number of amides is 1. The molecule has 2 aliphatic rings. The zero-order valence-electron chi connectivity index (χ0n) is 11.9. The quantitative estimate of drug-likeness (QED) is 0.866. The number of benzene rings is 1. The second-order valence-corrected chi connectivity index (χ2v) is 9.17. The largest absolute Gasteiger partial charge is 0.479 e. The molecule has 1 unspecified atom stereocenters.